The van der Waals surface area contributed by atoms with E-state index in [2.05, 4.69) is 22.2 Å². The minimum atomic E-state index is 0.00262. The molecule has 2 fully saturated rings. The number of aliphatic hydroxyl groups is 1. The molecule has 0 aromatic carbocycles. The molecule has 2 rings (SSSR count). The lowest BCUT2D eigenvalue weighted by atomic mass is 9.85. The fourth-order valence-corrected chi connectivity index (χ4v) is 3.84. The molecule has 1 aliphatic heterocycles. The van der Waals surface area contributed by atoms with Crippen molar-refractivity contribution in [3.8, 4) is 0 Å². The van der Waals surface area contributed by atoms with Crippen molar-refractivity contribution in [3.63, 3.8) is 0 Å². The molecule has 0 aromatic rings. The second-order valence-electron chi connectivity index (χ2n) is 6.44. The first-order valence-electron chi connectivity index (χ1n) is 7.91. The average molecular weight is 269 g/mol. The first-order chi connectivity index (χ1) is 9.20. The maximum atomic E-state index is 9.72. The number of nitrogens with zero attached hydrogens (tertiary/aromatic N) is 2. The Morgan fingerprint density at radius 3 is 2.79 bits per heavy atom. The van der Waals surface area contributed by atoms with Gasteiger partial charge in [-0.3, -0.25) is 0 Å². The van der Waals surface area contributed by atoms with E-state index < -0.39 is 0 Å². The van der Waals surface area contributed by atoms with Gasteiger partial charge in [0.25, 0.3) is 0 Å². The van der Waals surface area contributed by atoms with Gasteiger partial charge >= 0.3 is 0 Å². The number of hydrogen-bond acceptors (Lipinski definition) is 4. The Labute approximate surface area is 118 Å². The van der Waals surface area contributed by atoms with Crippen LogP contribution in [0.4, 0.5) is 0 Å². The molecule has 2 atom stereocenters. The lowest BCUT2D eigenvalue weighted by Gasteiger charge is -2.35. The fraction of sp³-hybridized carbons (Fsp3) is 1.00. The van der Waals surface area contributed by atoms with Crippen molar-refractivity contribution in [2.75, 3.05) is 53.4 Å². The maximum Gasteiger partial charge on any atom is 0.0615 e. The summed E-state index contributed by atoms with van der Waals surface area (Å²) in [5.41, 5.74) is 0.00262. The lowest BCUT2D eigenvalue weighted by Crippen LogP contribution is -2.50. The molecular weight excluding hydrogens is 238 g/mol. The van der Waals surface area contributed by atoms with Gasteiger partial charge in [-0.1, -0.05) is 6.42 Å². The van der Waals surface area contributed by atoms with Gasteiger partial charge in [-0.15, -0.1) is 0 Å². The summed E-state index contributed by atoms with van der Waals surface area (Å²) in [5.74, 6) is 0.642. The van der Waals surface area contributed by atoms with Gasteiger partial charge in [0.05, 0.1) is 6.61 Å². The molecule has 4 heteroatoms. The van der Waals surface area contributed by atoms with Crippen molar-refractivity contribution in [1.82, 2.24) is 15.1 Å². The monoisotopic (exact) mass is 269 g/mol. The first-order valence-corrected chi connectivity index (χ1v) is 7.91. The van der Waals surface area contributed by atoms with Crippen molar-refractivity contribution in [2.45, 2.75) is 37.6 Å². The van der Waals surface area contributed by atoms with E-state index in [4.69, 9.17) is 0 Å². The van der Waals surface area contributed by atoms with E-state index in [1.54, 1.807) is 0 Å². The van der Waals surface area contributed by atoms with E-state index in [0.29, 0.717) is 5.92 Å². The average Bonchev–Trinajstić information content (AvgIpc) is 2.73. The Morgan fingerprint density at radius 1 is 1.21 bits per heavy atom. The molecule has 112 valence electrons. The number of rotatable bonds is 5. The summed E-state index contributed by atoms with van der Waals surface area (Å²) in [4.78, 5) is 5.04. The van der Waals surface area contributed by atoms with Crippen molar-refractivity contribution in [2.24, 2.45) is 5.92 Å². The van der Waals surface area contributed by atoms with Crippen LogP contribution in [0.25, 0.3) is 0 Å². The summed E-state index contributed by atoms with van der Waals surface area (Å²) in [6, 6.07) is 0. The van der Waals surface area contributed by atoms with Crippen LogP contribution in [0.5, 0.6) is 0 Å². The van der Waals surface area contributed by atoms with Crippen LogP contribution in [0.3, 0.4) is 0 Å². The van der Waals surface area contributed by atoms with E-state index in [-0.39, 0.29) is 12.1 Å². The van der Waals surface area contributed by atoms with Crippen molar-refractivity contribution >= 4 is 0 Å². The Kier molecular flexibility index (Phi) is 5.63. The van der Waals surface area contributed by atoms with E-state index >= 15 is 0 Å². The quantitative estimate of drug-likeness (QED) is 0.773. The highest BCUT2D eigenvalue weighted by Gasteiger charge is 2.40. The smallest absolute Gasteiger partial charge is 0.0615 e. The highest BCUT2D eigenvalue weighted by atomic mass is 16.3. The van der Waals surface area contributed by atoms with Gasteiger partial charge in [-0.05, 0) is 65.3 Å². The third kappa shape index (κ3) is 3.69. The molecule has 2 aliphatic rings. The summed E-state index contributed by atoms with van der Waals surface area (Å²) in [5, 5.41) is 13.1. The summed E-state index contributed by atoms with van der Waals surface area (Å²) >= 11 is 0. The molecule has 2 unspecified atom stereocenters. The first kappa shape index (κ1) is 15.2. The van der Waals surface area contributed by atoms with Crippen LogP contribution < -0.4 is 5.32 Å². The zero-order valence-electron chi connectivity index (χ0n) is 12.7. The molecule has 0 aromatic heterocycles. The van der Waals surface area contributed by atoms with Crippen LogP contribution in [0.2, 0.25) is 0 Å². The lowest BCUT2D eigenvalue weighted by molar-refractivity contribution is 0.118. The SMILES string of the molecule is CNC1(CO)CCCC1CCN1CCCN(C)CC1. The molecule has 0 spiro atoms. The Morgan fingerprint density at radius 2 is 2.05 bits per heavy atom. The van der Waals surface area contributed by atoms with Gasteiger partial charge in [0.1, 0.15) is 0 Å². The number of hydrogen-bond donors (Lipinski definition) is 2. The summed E-state index contributed by atoms with van der Waals surface area (Å²) < 4.78 is 0. The molecule has 1 heterocycles. The summed E-state index contributed by atoms with van der Waals surface area (Å²) in [6.45, 7) is 6.36. The van der Waals surface area contributed by atoms with E-state index in [1.165, 1.54) is 58.4 Å². The van der Waals surface area contributed by atoms with E-state index in [0.717, 1.165) is 6.42 Å². The Bertz CT molecular complexity index is 268. The predicted molar refractivity (Wildman–Crippen MR) is 79.4 cm³/mol. The number of likely N-dealkylation sites (N-methyl/N-ethyl adjacent to an activating group) is 2. The molecule has 0 bridgehead atoms. The Balaban J connectivity index is 1.81. The summed E-state index contributed by atoms with van der Waals surface area (Å²) in [7, 11) is 4.23. The van der Waals surface area contributed by atoms with Crippen LogP contribution in [0, 0.1) is 5.92 Å². The predicted octanol–water partition coefficient (Wildman–Crippen LogP) is 0.765. The van der Waals surface area contributed by atoms with E-state index in [9.17, 15) is 5.11 Å². The minimum absolute atomic E-state index is 0.00262. The topological polar surface area (TPSA) is 38.7 Å². The zero-order chi connectivity index (χ0) is 13.7. The normalized spacial score (nSPS) is 34.6. The maximum absolute atomic E-state index is 9.72. The largest absolute Gasteiger partial charge is 0.394 e. The van der Waals surface area contributed by atoms with Crippen molar-refractivity contribution in [1.29, 1.82) is 0 Å². The summed E-state index contributed by atoms with van der Waals surface area (Å²) in [6.07, 6.45) is 6.18. The molecule has 0 radical (unpaired) electrons. The highest BCUT2D eigenvalue weighted by Crippen LogP contribution is 2.37. The van der Waals surface area contributed by atoms with Crippen molar-refractivity contribution < 1.29 is 5.11 Å². The molecular formula is C15H31N3O. The van der Waals surface area contributed by atoms with Gasteiger partial charge < -0.3 is 20.2 Å². The van der Waals surface area contributed by atoms with Crippen molar-refractivity contribution in [3.05, 3.63) is 0 Å². The second-order valence-corrected chi connectivity index (χ2v) is 6.44. The van der Waals surface area contributed by atoms with Gasteiger partial charge in [-0.25, -0.2) is 0 Å². The molecule has 2 N–H and O–H groups in total. The van der Waals surface area contributed by atoms with Gasteiger partial charge in [0.2, 0.25) is 0 Å². The highest BCUT2D eigenvalue weighted by molar-refractivity contribution is 4.98. The van der Waals surface area contributed by atoms with Gasteiger partial charge in [0, 0.05) is 18.6 Å². The van der Waals surface area contributed by atoms with Gasteiger partial charge in [-0.2, -0.15) is 0 Å². The fourth-order valence-electron chi connectivity index (χ4n) is 3.84. The molecule has 1 saturated carbocycles. The molecule has 0 amide bonds. The molecule has 1 aliphatic carbocycles. The minimum Gasteiger partial charge on any atom is -0.394 e. The van der Waals surface area contributed by atoms with Crippen LogP contribution >= 0.6 is 0 Å². The van der Waals surface area contributed by atoms with Crippen LogP contribution in [-0.4, -0.2) is 73.9 Å². The molecule has 19 heavy (non-hydrogen) atoms. The van der Waals surface area contributed by atoms with Crippen LogP contribution in [-0.2, 0) is 0 Å². The van der Waals surface area contributed by atoms with Crippen LogP contribution in [0.1, 0.15) is 32.1 Å². The molecule has 4 nitrogen and oxygen atoms in total. The Hall–Kier alpha value is -0.160. The zero-order valence-corrected chi connectivity index (χ0v) is 12.7. The molecule has 1 saturated heterocycles. The van der Waals surface area contributed by atoms with E-state index in [1.807, 2.05) is 7.05 Å². The third-order valence-electron chi connectivity index (χ3n) is 5.34. The van der Waals surface area contributed by atoms with Gasteiger partial charge in [0.15, 0.2) is 0 Å². The number of aliphatic hydroxyl groups excluding tert-OH is 1. The third-order valence-corrected chi connectivity index (χ3v) is 5.34. The number of nitrogens with one attached hydrogen (secondary N) is 1. The van der Waals surface area contributed by atoms with Crippen LogP contribution in [0.15, 0.2) is 0 Å². The second kappa shape index (κ2) is 7.02. The standard InChI is InChI=1S/C15H31N3O/c1-16-15(13-19)7-3-5-14(15)6-10-18-9-4-8-17(2)11-12-18/h14,16,19H,3-13H2,1-2H3.